The van der Waals surface area contributed by atoms with Crippen LogP contribution in [0.25, 0.3) is 11.1 Å². The Kier molecular flexibility index (Phi) is 6.37. The van der Waals surface area contributed by atoms with Crippen molar-refractivity contribution in [3.8, 4) is 16.9 Å². The zero-order chi connectivity index (χ0) is 21.8. The summed E-state index contributed by atoms with van der Waals surface area (Å²) in [4.78, 5) is 26.2. The minimum absolute atomic E-state index is 0.268. The molecule has 160 valence electrons. The van der Waals surface area contributed by atoms with Crippen molar-refractivity contribution in [1.29, 1.82) is 0 Å². The van der Waals surface area contributed by atoms with Crippen LogP contribution in [-0.4, -0.2) is 17.9 Å². The number of hydrogen-bond donors (Lipinski definition) is 2. The van der Waals surface area contributed by atoms with E-state index in [1.54, 1.807) is 0 Å². The summed E-state index contributed by atoms with van der Waals surface area (Å²) in [6.07, 6.45) is 3.74. The summed E-state index contributed by atoms with van der Waals surface area (Å²) in [5, 5.41) is 3.46. The summed E-state index contributed by atoms with van der Waals surface area (Å²) in [7, 11) is 0. The summed E-state index contributed by atoms with van der Waals surface area (Å²) in [5.41, 5.74) is 9.32. The van der Waals surface area contributed by atoms with Crippen molar-refractivity contribution < 1.29 is 14.3 Å². The van der Waals surface area contributed by atoms with Crippen molar-refractivity contribution in [2.75, 3.05) is 5.32 Å². The molecule has 4 rings (SSSR count). The highest BCUT2D eigenvalue weighted by Gasteiger charge is 2.27. The van der Waals surface area contributed by atoms with Crippen LogP contribution in [0.15, 0.2) is 54.6 Å². The number of primary amides is 1. The Morgan fingerprint density at radius 2 is 1.71 bits per heavy atom. The second-order valence-electron chi connectivity index (χ2n) is 7.67. The predicted molar refractivity (Wildman–Crippen MR) is 125 cm³/mol. The molecule has 1 aliphatic carbocycles. The van der Waals surface area contributed by atoms with E-state index in [4.69, 9.17) is 10.5 Å². The third kappa shape index (κ3) is 4.64. The molecular weight excluding hydrogens is 408 g/mol. The lowest BCUT2D eigenvalue weighted by Crippen LogP contribution is -2.32. The van der Waals surface area contributed by atoms with Gasteiger partial charge in [-0.3, -0.25) is 9.59 Å². The molecule has 5 nitrogen and oxygen atoms in total. The molecule has 1 aromatic heterocycles. The Labute approximate surface area is 186 Å². The molecule has 1 aliphatic rings. The first-order valence-electron chi connectivity index (χ1n) is 10.6. The van der Waals surface area contributed by atoms with Gasteiger partial charge in [-0.1, -0.05) is 49.4 Å². The van der Waals surface area contributed by atoms with Crippen molar-refractivity contribution in [2.45, 2.75) is 45.1 Å². The van der Waals surface area contributed by atoms with Gasteiger partial charge in [-0.2, -0.15) is 0 Å². The second-order valence-corrected chi connectivity index (χ2v) is 8.78. The number of nitrogens with one attached hydrogen (secondary N) is 1. The van der Waals surface area contributed by atoms with E-state index in [0.717, 1.165) is 47.3 Å². The zero-order valence-electron chi connectivity index (χ0n) is 17.5. The Bertz CT molecular complexity index is 1070. The van der Waals surface area contributed by atoms with E-state index in [0.29, 0.717) is 22.7 Å². The SMILES string of the molecule is CCC(Oc1ccc(-c2ccccc2)cc1)C(=O)Nc1sc2c(c1C(N)=O)CCCC2. The number of anilines is 1. The molecule has 0 spiro atoms. The normalized spacial score (nSPS) is 13.8. The Hall–Kier alpha value is -3.12. The first-order chi connectivity index (χ1) is 15.1. The van der Waals surface area contributed by atoms with Gasteiger partial charge in [0.2, 0.25) is 0 Å². The number of carbonyl (C=O) groups is 2. The molecule has 0 saturated carbocycles. The van der Waals surface area contributed by atoms with E-state index < -0.39 is 12.0 Å². The van der Waals surface area contributed by atoms with Crippen molar-refractivity contribution >= 4 is 28.2 Å². The van der Waals surface area contributed by atoms with Crippen LogP contribution in [-0.2, 0) is 17.6 Å². The van der Waals surface area contributed by atoms with E-state index in [-0.39, 0.29) is 5.91 Å². The number of amides is 2. The molecule has 0 radical (unpaired) electrons. The van der Waals surface area contributed by atoms with Gasteiger partial charge < -0.3 is 15.8 Å². The number of fused-ring (bicyclic) bond motifs is 1. The molecule has 3 aromatic rings. The summed E-state index contributed by atoms with van der Waals surface area (Å²) >= 11 is 1.46. The van der Waals surface area contributed by atoms with E-state index >= 15 is 0 Å². The van der Waals surface area contributed by atoms with Crippen molar-refractivity contribution in [2.24, 2.45) is 5.73 Å². The molecule has 1 atom stereocenters. The van der Waals surface area contributed by atoms with Gasteiger partial charge in [-0.05, 0) is 60.9 Å². The molecule has 1 heterocycles. The van der Waals surface area contributed by atoms with E-state index in [1.807, 2.05) is 49.4 Å². The lowest BCUT2D eigenvalue weighted by Gasteiger charge is -2.17. The van der Waals surface area contributed by atoms with Crippen molar-refractivity contribution in [1.82, 2.24) is 0 Å². The van der Waals surface area contributed by atoms with Crippen LogP contribution in [0.2, 0.25) is 0 Å². The molecule has 0 aliphatic heterocycles. The third-order valence-electron chi connectivity index (χ3n) is 5.56. The highest BCUT2D eigenvalue weighted by Crippen LogP contribution is 2.38. The van der Waals surface area contributed by atoms with Gasteiger partial charge in [0.05, 0.1) is 5.56 Å². The summed E-state index contributed by atoms with van der Waals surface area (Å²) in [6, 6.07) is 17.8. The van der Waals surface area contributed by atoms with Gasteiger partial charge in [-0.25, -0.2) is 0 Å². The quantitative estimate of drug-likeness (QED) is 0.537. The molecule has 0 bridgehead atoms. The maximum atomic E-state index is 12.9. The number of aryl methyl sites for hydroxylation is 1. The van der Waals surface area contributed by atoms with Gasteiger partial charge >= 0.3 is 0 Å². The van der Waals surface area contributed by atoms with Gasteiger partial charge in [0.1, 0.15) is 10.8 Å². The topological polar surface area (TPSA) is 81.4 Å². The van der Waals surface area contributed by atoms with E-state index in [1.165, 1.54) is 11.3 Å². The highest BCUT2D eigenvalue weighted by molar-refractivity contribution is 7.17. The minimum atomic E-state index is -0.664. The van der Waals surface area contributed by atoms with Crippen LogP contribution in [0.4, 0.5) is 5.00 Å². The summed E-state index contributed by atoms with van der Waals surface area (Å²) < 4.78 is 5.97. The number of rotatable bonds is 7. The lowest BCUT2D eigenvalue weighted by molar-refractivity contribution is -0.122. The Balaban J connectivity index is 1.48. The van der Waals surface area contributed by atoms with Gasteiger partial charge in [0.25, 0.3) is 11.8 Å². The van der Waals surface area contributed by atoms with Crippen LogP contribution in [0.1, 0.15) is 47.0 Å². The number of hydrogen-bond acceptors (Lipinski definition) is 4. The van der Waals surface area contributed by atoms with Crippen LogP contribution >= 0.6 is 11.3 Å². The molecule has 1 unspecified atom stereocenters. The standard InChI is InChI=1S/C25H26N2O3S/c1-2-20(30-18-14-12-17(13-15-18)16-8-4-3-5-9-16)24(29)27-25-22(23(26)28)19-10-6-7-11-21(19)31-25/h3-5,8-9,12-15,20H,2,6-7,10-11H2,1H3,(H2,26,28)(H,27,29). The van der Waals surface area contributed by atoms with Crippen LogP contribution in [0.3, 0.4) is 0 Å². The second kappa shape index (κ2) is 9.35. The molecular formula is C25H26N2O3S. The monoisotopic (exact) mass is 434 g/mol. The maximum Gasteiger partial charge on any atom is 0.266 e. The van der Waals surface area contributed by atoms with E-state index in [2.05, 4.69) is 17.4 Å². The average Bonchev–Trinajstić information content (AvgIpc) is 3.16. The Morgan fingerprint density at radius 3 is 2.39 bits per heavy atom. The number of ether oxygens (including phenoxy) is 1. The van der Waals surface area contributed by atoms with Gasteiger partial charge in [0.15, 0.2) is 6.10 Å². The third-order valence-corrected chi connectivity index (χ3v) is 6.76. The molecule has 0 saturated heterocycles. The molecule has 3 N–H and O–H groups in total. The number of nitrogens with two attached hydrogens (primary N) is 1. The largest absolute Gasteiger partial charge is 0.481 e. The molecule has 6 heteroatoms. The number of thiophene rings is 1. The van der Waals surface area contributed by atoms with E-state index in [9.17, 15) is 9.59 Å². The fourth-order valence-electron chi connectivity index (χ4n) is 3.95. The van der Waals surface area contributed by atoms with Crippen LogP contribution < -0.4 is 15.8 Å². The van der Waals surface area contributed by atoms with Gasteiger partial charge in [0, 0.05) is 4.88 Å². The molecule has 0 fully saturated rings. The number of carbonyl (C=O) groups excluding carboxylic acids is 2. The zero-order valence-corrected chi connectivity index (χ0v) is 18.3. The summed E-state index contributed by atoms with van der Waals surface area (Å²) in [6.45, 7) is 1.90. The predicted octanol–water partition coefficient (Wildman–Crippen LogP) is 5.19. The molecule has 2 aromatic carbocycles. The average molecular weight is 435 g/mol. The first kappa shape index (κ1) is 21.1. The first-order valence-corrected chi connectivity index (χ1v) is 11.5. The van der Waals surface area contributed by atoms with Crippen molar-refractivity contribution in [3.63, 3.8) is 0 Å². The Morgan fingerprint density at radius 1 is 1.03 bits per heavy atom. The van der Waals surface area contributed by atoms with Crippen LogP contribution in [0.5, 0.6) is 5.75 Å². The molecule has 31 heavy (non-hydrogen) atoms. The highest BCUT2D eigenvalue weighted by atomic mass is 32.1. The van der Waals surface area contributed by atoms with Gasteiger partial charge in [-0.15, -0.1) is 11.3 Å². The smallest absolute Gasteiger partial charge is 0.266 e. The number of benzene rings is 2. The minimum Gasteiger partial charge on any atom is -0.481 e. The fourth-order valence-corrected chi connectivity index (χ4v) is 5.25. The van der Waals surface area contributed by atoms with Crippen LogP contribution in [0, 0.1) is 0 Å². The summed E-state index contributed by atoms with van der Waals surface area (Å²) in [5.74, 6) is -0.127. The maximum absolute atomic E-state index is 12.9. The fraction of sp³-hybridized carbons (Fsp3) is 0.280. The van der Waals surface area contributed by atoms with Crippen molar-refractivity contribution in [3.05, 3.63) is 70.6 Å². The lowest BCUT2D eigenvalue weighted by atomic mass is 9.95. The molecule has 2 amide bonds.